The van der Waals surface area contributed by atoms with Crippen molar-refractivity contribution in [1.82, 2.24) is 4.98 Å². The molecule has 4 nitrogen and oxygen atoms in total. The summed E-state index contributed by atoms with van der Waals surface area (Å²) < 4.78 is 5.56. The van der Waals surface area contributed by atoms with E-state index in [-0.39, 0.29) is 0 Å². The Hall–Kier alpha value is -2.38. The summed E-state index contributed by atoms with van der Waals surface area (Å²) >= 11 is 0. The fraction of sp³-hybridized carbons (Fsp3) is 0.143. The van der Waals surface area contributed by atoms with Gasteiger partial charge in [-0.2, -0.15) is 5.26 Å². The van der Waals surface area contributed by atoms with E-state index in [9.17, 15) is 0 Å². The lowest BCUT2D eigenvalue weighted by Gasteiger charge is -2.05. The van der Waals surface area contributed by atoms with Gasteiger partial charge in [-0.3, -0.25) is 0 Å². The molecule has 0 atom stereocenters. The van der Waals surface area contributed by atoms with Crippen molar-refractivity contribution in [3.05, 3.63) is 53.7 Å². The van der Waals surface area contributed by atoms with Crippen LogP contribution in [-0.4, -0.2) is 11.5 Å². The Bertz CT molecular complexity index is 558. The highest BCUT2D eigenvalue weighted by molar-refractivity contribution is 5.35. The lowest BCUT2D eigenvalue weighted by Crippen LogP contribution is -2.02. The first-order chi connectivity index (χ1) is 8.81. The molecule has 0 saturated carbocycles. The van der Waals surface area contributed by atoms with Crippen LogP contribution in [-0.2, 0) is 6.42 Å². The third-order valence-electron chi connectivity index (χ3n) is 2.44. The van der Waals surface area contributed by atoms with E-state index >= 15 is 0 Å². The Kier molecular flexibility index (Phi) is 3.90. The first kappa shape index (κ1) is 12.1. The molecule has 0 saturated heterocycles. The maximum atomic E-state index is 8.78. The van der Waals surface area contributed by atoms with Crippen LogP contribution < -0.4 is 10.5 Å². The number of benzene rings is 1. The van der Waals surface area contributed by atoms with E-state index in [4.69, 9.17) is 15.7 Å². The van der Waals surface area contributed by atoms with Crippen molar-refractivity contribution in [3.8, 4) is 17.7 Å². The van der Waals surface area contributed by atoms with E-state index in [2.05, 4.69) is 4.98 Å². The monoisotopic (exact) mass is 239 g/mol. The summed E-state index contributed by atoms with van der Waals surface area (Å²) in [6.45, 7) is 0.631. The van der Waals surface area contributed by atoms with Gasteiger partial charge in [-0.15, -0.1) is 0 Å². The molecule has 2 rings (SSSR count). The third-order valence-corrected chi connectivity index (χ3v) is 2.44. The molecule has 2 aromatic rings. The molecule has 4 heteroatoms. The van der Waals surface area contributed by atoms with Gasteiger partial charge in [0.15, 0.2) is 0 Å². The molecular weight excluding hydrogens is 226 g/mol. The number of rotatable bonds is 4. The Morgan fingerprint density at radius 1 is 1.22 bits per heavy atom. The van der Waals surface area contributed by atoms with Crippen LogP contribution in [0.5, 0.6) is 11.6 Å². The molecule has 2 N–H and O–H groups in total. The molecule has 0 aliphatic rings. The van der Waals surface area contributed by atoms with Crippen LogP contribution in [0.4, 0.5) is 0 Å². The van der Waals surface area contributed by atoms with Gasteiger partial charge >= 0.3 is 0 Å². The average Bonchev–Trinajstić information content (AvgIpc) is 2.42. The maximum absolute atomic E-state index is 8.78. The number of hydrogen-bond donors (Lipinski definition) is 1. The topological polar surface area (TPSA) is 71.9 Å². The van der Waals surface area contributed by atoms with Crippen LogP contribution in [0.3, 0.4) is 0 Å². The van der Waals surface area contributed by atoms with Gasteiger partial charge in [0, 0.05) is 12.3 Å². The van der Waals surface area contributed by atoms with E-state index in [1.165, 1.54) is 5.56 Å². The Morgan fingerprint density at radius 3 is 2.67 bits per heavy atom. The second kappa shape index (κ2) is 5.80. The van der Waals surface area contributed by atoms with Crippen LogP contribution in [0, 0.1) is 11.3 Å². The zero-order valence-corrected chi connectivity index (χ0v) is 9.84. The van der Waals surface area contributed by atoms with E-state index < -0.39 is 0 Å². The van der Waals surface area contributed by atoms with Crippen molar-refractivity contribution in [2.45, 2.75) is 6.42 Å². The normalized spacial score (nSPS) is 9.78. The first-order valence-corrected chi connectivity index (χ1v) is 5.65. The molecule has 1 heterocycles. The van der Waals surface area contributed by atoms with Crippen LogP contribution in [0.25, 0.3) is 0 Å². The molecule has 0 unspecified atom stereocenters. The lowest BCUT2D eigenvalue weighted by molar-refractivity contribution is 0.462. The largest absolute Gasteiger partial charge is 0.439 e. The SMILES string of the molecule is N#Cc1ccnc(Oc2ccc(CCN)cc2)c1. The van der Waals surface area contributed by atoms with Gasteiger partial charge < -0.3 is 10.5 Å². The predicted molar refractivity (Wildman–Crippen MR) is 68.2 cm³/mol. The number of nitrogens with two attached hydrogens (primary N) is 1. The van der Waals surface area contributed by atoms with E-state index in [0.29, 0.717) is 23.7 Å². The van der Waals surface area contributed by atoms with Gasteiger partial charge in [-0.1, -0.05) is 12.1 Å². The average molecular weight is 239 g/mol. The smallest absolute Gasteiger partial charge is 0.220 e. The first-order valence-electron chi connectivity index (χ1n) is 5.65. The Labute approximate surface area is 106 Å². The molecule has 0 bridgehead atoms. The molecule has 18 heavy (non-hydrogen) atoms. The maximum Gasteiger partial charge on any atom is 0.220 e. The van der Waals surface area contributed by atoms with Crippen LogP contribution in [0.1, 0.15) is 11.1 Å². The lowest BCUT2D eigenvalue weighted by atomic mass is 10.1. The van der Waals surface area contributed by atoms with Crippen molar-refractivity contribution < 1.29 is 4.74 Å². The molecule has 0 radical (unpaired) electrons. The van der Waals surface area contributed by atoms with Crippen LogP contribution >= 0.6 is 0 Å². The Morgan fingerprint density at radius 2 is 2.00 bits per heavy atom. The number of aromatic nitrogens is 1. The zero-order chi connectivity index (χ0) is 12.8. The minimum atomic E-state index is 0.417. The number of pyridine rings is 1. The van der Waals surface area contributed by atoms with Gasteiger partial charge in [-0.25, -0.2) is 4.98 Å². The van der Waals surface area contributed by atoms with Gasteiger partial charge in [0.25, 0.3) is 0 Å². The summed E-state index contributed by atoms with van der Waals surface area (Å²) in [7, 11) is 0. The van der Waals surface area contributed by atoms with Gasteiger partial charge in [0.2, 0.25) is 5.88 Å². The fourth-order valence-corrected chi connectivity index (χ4v) is 1.55. The minimum absolute atomic E-state index is 0.417. The number of ether oxygens (including phenoxy) is 1. The minimum Gasteiger partial charge on any atom is -0.439 e. The molecule has 0 spiro atoms. The molecule has 1 aromatic heterocycles. The second-order valence-electron chi connectivity index (χ2n) is 3.78. The van der Waals surface area contributed by atoms with Crippen molar-refractivity contribution >= 4 is 0 Å². The number of nitriles is 1. The quantitative estimate of drug-likeness (QED) is 0.888. The standard InChI is InChI=1S/C14H13N3O/c15-7-5-11-1-3-13(4-2-11)18-14-9-12(10-16)6-8-17-14/h1-4,6,8-9H,5,7,15H2. The molecular formula is C14H13N3O. The zero-order valence-electron chi connectivity index (χ0n) is 9.84. The van der Waals surface area contributed by atoms with Crippen molar-refractivity contribution in [3.63, 3.8) is 0 Å². The molecule has 0 aliphatic heterocycles. The van der Waals surface area contributed by atoms with Crippen molar-refractivity contribution in [2.24, 2.45) is 5.73 Å². The van der Waals surface area contributed by atoms with E-state index in [0.717, 1.165) is 6.42 Å². The molecule has 0 fully saturated rings. The Balaban J connectivity index is 2.11. The van der Waals surface area contributed by atoms with Gasteiger partial charge in [-0.05, 0) is 36.7 Å². The highest BCUT2D eigenvalue weighted by Crippen LogP contribution is 2.20. The molecule has 1 aromatic carbocycles. The second-order valence-corrected chi connectivity index (χ2v) is 3.78. The van der Waals surface area contributed by atoms with E-state index in [1.807, 2.05) is 30.3 Å². The fourth-order valence-electron chi connectivity index (χ4n) is 1.55. The third kappa shape index (κ3) is 3.06. The number of nitrogens with zero attached hydrogens (tertiary/aromatic N) is 2. The molecule has 0 aliphatic carbocycles. The van der Waals surface area contributed by atoms with Crippen LogP contribution in [0.2, 0.25) is 0 Å². The summed E-state index contributed by atoms with van der Waals surface area (Å²) in [6, 6.07) is 13.0. The summed E-state index contributed by atoms with van der Waals surface area (Å²) in [6.07, 6.45) is 2.40. The highest BCUT2D eigenvalue weighted by atomic mass is 16.5. The highest BCUT2D eigenvalue weighted by Gasteiger charge is 2.00. The molecule has 90 valence electrons. The summed E-state index contributed by atoms with van der Waals surface area (Å²) in [5.41, 5.74) is 7.18. The van der Waals surface area contributed by atoms with Crippen molar-refractivity contribution in [1.29, 1.82) is 5.26 Å². The molecule has 0 amide bonds. The van der Waals surface area contributed by atoms with Gasteiger partial charge in [0.1, 0.15) is 5.75 Å². The predicted octanol–water partition coefficient (Wildman–Crippen LogP) is 2.25. The summed E-state index contributed by atoms with van der Waals surface area (Å²) in [5, 5.41) is 8.78. The van der Waals surface area contributed by atoms with Crippen molar-refractivity contribution in [2.75, 3.05) is 6.54 Å². The summed E-state index contributed by atoms with van der Waals surface area (Å²) in [5.74, 6) is 1.11. The van der Waals surface area contributed by atoms with Crippen LogP contribution in [0.15, 0.2) is 42.6 Å². The number of hydrogen-bond acceptors (Lipinski definition) is 4. The summed E-state index contributed by atoms with van der Waals surface area (Å²) in [4.78, 5) is 4.05. The van der Waals surface area contributed by atoms with Gasteiger partial charge in [0.05, 0.1) is 11.6 Å². The van der Waals surface area contributed by atoms with E-state index in [1.54, 1.807) is 18.3 Å².